The summed E-state index contributed by atoms with van der Waals surface area (Å²) in [6.45, 7) is 14.9. The van der Waals surface area contributed by atoms with Gasteiger partial charge in [0.25, 0.3) is 0 Å². The normalized spacial score (nSPS) is 20.5. The number of aromatic nitrogens is 1. The molecule has 0 amide bonds. The lowest BCUT2D eigenvalue weighted by molar-refractivity contribution is 0.311. The monoisotopic (exact) mass is 309 g/mol. The molecule has 0 radical (unpaired) electrons. The van der Waals surface area contributed by atoms with Gasteiger partial charge in [0.05, 0.1) is 0 Å². The lowest BCUT2D eigenvalue weighted by Crippen LogP contribution is -2.23. The molecule has 2 fully saturated rings. The van der Waals surface area contributed by atoms with Crippen LogP contribution in [0, 0.1) is 11.8 Å². The second-order valence-electron chi connectivity index (χ2n) is 5.14. The molecule has 4 heteroatoms. The van der Waals surface area contributed by atoms with Gasteiger partial charge in [-0.1, -0.05) is 47.6 Å². The lowest BCUT2D eigenvalue weighted by atomic mass is 10.1. The summed E-state index contributed by atoms with van der Waals surface area (Å²) >= 11 is 0. The van der Waals surface area contributed by atoms with Crippen LogP contribution in [0.15, 0.2) is 12.1 Å². The summed E-state index contributed by atoms with van der Waals surface area (Å²) in [5.74, 6) is 6.68. The Morgan fingerprint density at radius 3 is 2.05 bits per heavy atom. The van der Waals surface area contributed by atoms with Crippen LogP contribution in [-0.2, 0) is 12.8 Å². The van der Waals surface area contributed by atoms with Crippen LogP contribution in [0.5, 0.6) is 0 Å². The van der Waals surface area contributed by atoms with Gasteiger partial charge in [0.1, 0.15) is 5.82 Å². The molecular weight excluding hydrogens is 274 g/mol. The Labute approximate surface area is 136 Å². The summed E-state index contributed by atoms with van der Waals surface area (Å²) in [4.78, 5) is 7.29. The third kappa shape index (κ3) is 5.25. The van der Waals surface area contributed by atoms with Gasteiger partial charge < -0.3 is 10.1 Å². The summed E-state index contributed by atoms with van der Waals surface area (Å²) in [5, 5.41) is 6.50. The van der Waals surface area contributed by atoms with Gasteiger partial charge in [0.15, 0.2) is 0 Å². The Bertz CT molecular complexity index is 399. The van der Waals surface area contributed by atoms with Crippen LogP contribution in [0.2, 0.25) is 0 Å². The molecule has 1 aliphatic carbocycles. The van der Waals surface area contributed by atoms with Crippen LogP contribution in [0.1, 0.15) is 59.2 Å². The number of pyridine rings is 1. The predicted octanol–water partition coefficient (Wildman–Crippen LogP) is 4.05. The number of hydrogen-bond donors (Lipinski definition) is 2. The van der Waals surface area contributed by atoms with Gasteiger partial charge in [-0.25, -0.2) is 10.9 Å². The van der Waals surface area contributed by atoms with E-state index in [4.69, 9.17) is 10.2 Å². The molecule has 0 aromatic carbocycles. The first-order chi connectivity index (χ1) is 10.8. The second-order valence-corrected chi connectivity index (χ2v) is 5.14. The van der Waals surface area contributed by atoms with E-state index in [2.05, 4.69) is 36.8 Å². The number of piperidine rings is 1. The largest absolute Gasteiger partial charge is 0.356 e. The molecule has 3 N–H and O–H groups in total. The maximum atomic E-state index is 6.50. The maximum absolute atomic E-state index is 6.50. The number of fused-ring (bicyclic) bond motifs is 1. The molecular formula is C18H35N3O. The molecule has 1 saturated carbocycles. The molecule has 0 bridgehead atoms. The van der Waals surface area contributed by atoms with Crippen molar-refractivity contribution in [2.45, 2.75) is 60.8 Å². The second kappa shape index (κ2) is 11.4. The van der Waals surface area contributed by atoms with Crippen molar-refractivity contribution >= 4 is 5.82 Å². The van der Waals surface area contributed by atoms with E-state index in [1.807, 2.05) is 27.7 Å². The fourth-order valence-electron chi connectivity index (χ4n) is 2.91. The van der Waals surface area contributed by atoms with Crippen molar-refractivity contribution in [3.8, 4) is 0 Å². The number of hydrogen-bond acceptors (Lipinski definition) is 4. The van der Waals surface area contributed by atoms with Gasteiger partial charge in [-0.15, -0.1) is 0 Å². The van der Waals surface area contributed by atoms with Crippen molar-refractivity contribution in [2.24, 2.45) is 17.7 Å². The number of nitrogens with two attached hydrogens (primary N) is 1. The molecule has 4 nitrogen and oxygen atoms in total. The molecule has 2 heterocycles. The predicted molar refractivity (Wildman–Crippen MR) is 95.5 cm³/mol. The highest BCUT2D eigenvalue weighted by Crippen LogP contribution is 2.45. The fourth-order valence-corrected chi connectivity index (χ4v) is 2.91. The summed E-state index contributed by atoms with van der Waals surface area (Å²) in [5.41, 5.74) is 2.70. The first kappa shape index (κ1) is 20.9. The van der Waals surface area contributed by atoms with Crippen molar-refractivity contribution in [3.63, 3.8) is 0 Å². The van der Waals surface area contributed by atoms with Gasteiger partial charge in [-0.2, -0.15) is 0 Å². The molecule has 0 spiro atoms. The minimum atomic E-state index is 0.984. The van der Waals surface area contributed by atoms with Crippen LogP contribution in [0.3, 0.4) is 0 Å². The average Bonchev–Trinajstić information content (AvgIpc) is 3.25. The zero-order valence-electron chi connectivity index (χ0n) is 15.3. The zero-order valence-corrected chi connectivity index (χ0v) is 15.3. The molecule has 2 aliphatic rings. The van der Waals surface area contributed by atoms with Gasteiger partial charge in [0.2, 0.25) is 0 Å². The maximum Gasteiger partial charge on any atom is 0.128 e. The van der Waals surface area contributed by atoms with E-state index in [-0.39, 0.29) is 0 Å². The van der Waals surface area contributed by atoms with Gasteiger partial charge in [-0.3, -0.25) is 0 Å². The third-order valence-corrected chi connectivity index (χ3v) is 4.07. The SMILES string of the molecule is CC.CC.CCc1ccc(N2CC3CC3C2)nc1CC.NO. The van der Waals surface area contributed by atoms with Crippen LogP contribution in [0.25, 0.3) is 0 Å². The van der Waals surface area contributed by atoms with Crippen molar-refractivity contribution in [2.75, 3.05) is 18.0 Å². The van der Waals surface area contributed by atoms with Gasteiger partial charge >= 0.3 is 0 Å². The molecule has 22 heavy (non-hydrogen) atoms. The number of nitrogens with zero attached hydrogens (tertiary/aromatic N) is 2. The molecule has 128 valence electrons. The van der Waals surface area contributed by atoms with Crippen molar-refractivity contribution in [1.82, 2.24) is 4.98 Å². The van der Waals surface area contributed by atoms with E-state index >= 15 is 0 Å². The third-order valence-electron chi connectivity index (χ3n) is 4.07. The van der Waals surface area contributed by atoms with Crippen molar-refractivity contribution < 1.29 is 5.21 Å². The summed E-state index contributed by atoms with van der Waals surface area (Å²) in [6.07, 6.45) is 3.61. The van der Waals surface area contributed by atoms with E-state index in [1.54, 1.807) is 0 Å². The van der Waals surface area contributed by atoms with Crippen molar-refractivity contribution in [1.29, 1.82) is 0 Å². The highest BCUT2D eigenvalue weighted by atomic mass is 16.4. The minimum Gasteiger partial charge on any atom is -0.356 e. The quantitative estimate of drug-likeness (QED) is 0.827. The van der Waals surface area contributed by atoms with Crippen LogP contribution in [0.4, 0.5) is 5.82 Å². The zero-order chi connectivity index (χ0) is 17.1. The molecule has 2 unspecified atom stereocenters. The fraction of sp³-hybridized carbons (Fsp3) is 0.722. The minimum absolute atomic E-state index is 0.984. The topological polar surface area (TPSA) is 62.4 Å². The first-order valence-electron chi connectivity index (χ1n) is 8.81. The van der Waals surface area contributed by atoms with E-state index in [1.165, 1.54) is 36.6 Å². The van der Waals surface area contributed by atoms with E-state index < -0.39 is 0 Å². The van der Waals surface area contributed by atoms with Gasteiger partial charge in [-0.05, 0) is 42.7 Å². The number of rotatable bonds is 3. The summed E-state index contributed by atoms with van der Waals surface area (Å²) < 4.78 is 0. The van der Waals surface area contributed by atoms with Crippen LogP contribution >= 0.6 is 0 Å². The highest BCUT2D eigenvalue weighted by molar-refractivity contribution is 5.44. The summed E-state index contributed by atoms with van der Waals surface area (Å²) in [6, 6.07) is 4.48. The average molecular weight is 309 g/mol. The summed E-state index contributed by atoms with van der Waals surface area (Å²) in [7, 11) is 0. The Hall–Kier alpha value is -1.13. The molecule has 3 rings (SSSR count). The molecule has 1 aromatic rings. The van der Waals surface area contributed by atoms with E-state index in [9.17, 15) is 0 Å². The Kier molecular flexibility index (Phi) is 10.9. The molecule has 2 atom stereocenters. The molecule has 1 aromatic heterocycles. The van der Waals surface area contributed by atoms with E-state index in [0.29, 0.717) is 0 Å². The Morgan fingerprint density at radius 1 is 1.05 bits per heavy atom. The Morgan fingerprint density at radius 2 is 1.59 bits per heavy atom. The standard InChI is InChI=1S/C14H20N2.2C2H6.H3NO/c1-3-10-5-6-14(15-13(10)4-2)16-8-11-7-12(11)9-16;3*1-2/h5-6,11-12H,3-4,7-9H2,1-2H3;2*1-2H3;2H,1H2. The Balaban J connectivity index is 0.000000661. The molecule has 1 aliphatic heterocycles. The highest BCUT2D eigenvalue weighted by Gasteiger charge is 2.45. The first-order valence-corrected chi connectivity index (χ1v) is 8.81. The lowest BCUT2D eigenvalue weighted by Gasteiger charge is -2.20. The van der Waals surface area contributed by atoms with E-state index in [0.717, 1.165) is 24.7 Å². The van der Waals surface area contributed by atoms with Crippen molar-refractivity contribution in [3.05, 3.63) is 23.4 Å². The van der Waals surface area contributed by atoms with Crippen LogP contribution in [-0.4, -0.2) is 23.3 Å². The van der Waals surface area contributed by atoms with Crippen LogP contribution < -0.4 is 10.8 Å². The number of anilines is 1. The van der Waals surface area contributed by atoms with Gasteiger partial charge in [0, 0.05) is 18.8 Å². The molecule has 1 saturated heterocycles. The number of aryl methyl sites for hydroxylation is 2. The smallest absolute Gasteiger partial charge is 0.128 e.